The predicted octanol–water partition coefficient (Wildman–Crippen LogP) is 3.18. The minimum absolute atomic E-state index is 0.0428. The SMILES string of the molecule is C[C@H]1CSc2ccccc2CN1C(=O)CCOCC(F)F. The molecule has 1 aromatic rings. The van der Waals surface area contributed by atoms with Gasteiger partial charge in [0.2, 0.25) is 5.91 Å². The molecule has 0 fully saturated rings. The number of ether oxygens (including phenoxy) is 1. The van der Waals surface area contributed by atoms with Gasteiger partial charge in [0.1, 0.15) is 6.61 Å². The molecule has 1 aromatic carbocycles. The molecule has 1 aliphatic heterocycles. The summed E-state index contributed by atoms with van der Waals surface area (Å²) in [6.07, 6.45) is -2.34. The Hall–Kier alpha value is -1.14. The largest absolute Gasteiger partial charge is 0.375 e. The number of amides is 1. The second kappa shape index (κ2) is 7.75. The zero-order chi connectivity index (χ0) is 15.2. The van der Waals surface area contributed by atoms with Gasteiger partial charge in [-0.1, -0.05) is 18.2 Å². The molecule has 0 saturated carbocycles. The van der Waals surface area contributed by atoms with Crippen LogP contribution in [0.1, 0.15) is 18.9 Å². The van der Waals surface area contributed by atoms with Crippen LogP contribution in [0.4, 0.5) is 8.78 Å². The highest BCUT2D eigenvalue weighted by Crippen LogP contribution is 2.30. The monoisotopic (exact) mass is 315 g/mol. The zero-order valence-corrected chi connectivity index (χ0v) is 12.7. The number of nitrogens with zero attached hydrogens (tertiary/aromatic N) is 1. The van der Waals surface area contributed by atoms with Crippen LogP contribution in [-0.2, 0) is 16.1 Å². The van der Waals surface area contributed by atoms with Crippen molar-refractivity contribution in [1.82, 2.24) is 4.90 Å². The minimum Gasteiger partial charge on any atom is -0.375 e. The van der Waals surface area contributed by atoms with Crippen LogP contribution in [0, 0.1) is 0 Å². The van der Waals surface area contributed by atoms with E-state index in [2.05, 4.69) is 6.07 Å². The smallest absolute Gasteiger partial charge is 0.261 e. The molecule has 6 heteroatoms. The normalized spacial score (nSPS) is 18.5. The molecular weight excluding hydrogens is 296 g/mol. The quantitative estimate of drug-likeness (QED) is 0.782. The Kier molecular flexibility index (Phi) is 5.99. The maximum atomic E-state index is 12.3. The molecule has 1 amide bonds. The van der Waals surface area contributed by atoms with E-state index in [4.69, 9.17) is 4.74 Å². The summed E-state index contributed by atoms with van der Waals surface area (Å²) < 4.78 is 28.7. The van der Waals surface area contributed by atoms with Crippen molar-refractivity contribution in [3.8, 4) is 0 Å². The van der Waals surface area contributed by atoms with Crippen LogP contribution in [0.5, 0.6) is 0 Å². The van der Waals surface area contributed by atoms with E-state index in [0.717, 1.165) is 11.3 Å². The van der Waals surface area contributed by atoms with Gasteiger partial charge in [-0.05, 0) is 18.6 Å². The van der Waals surface area contributed by atoms with E-state index in [1.165, 1.54) is 4.90 Å². The number of halogens is 2. The lowest BCUT2D eigenvalue weighted by atomic mass is 10.2. The number of hydrogen-bond donors (Lipinski definition) is 0. The van der Waals surface area contributed by atoms with Crippen molar-refractivity contribution in [2.24, 2.45) is 0 Å². The van der Waals surface area contributed by atoms with E-state index < -0.39 is 13.0 Å². The Bertz CT molecular complexity index is 484. The van der Waals surface area contributed by atoms with Crippen molar-refractivity contribution >= 4 is 17.7 Å². The number of thioether (sulfide) groups is 1. The Morgan fingerprint density at radius 1 is 1.48 bits per heavy atom. The van der Waals surface area contributed by atoms with Gasteiger partial charge in [0.05, 0.1) is 13.0 Å². The fourth-order valence-corrected chi connectivity index (χ4v) is 3.32. The lowest BCUT2D eigenvalue weighted by Gasteiger charge is -2.27. The van der Waals surface area contributed by atoms with Crippen molar-refractivity contribution < 1.29 is 18.3 Å². The van der Waals surface area contributed by atoms with E-state index in [9.17, 15) is 13.6 Å². The Morgan fingerprint density at radius 2 is 2.24 bits per heavy atom. The molecular formula is C15H19F2NO2S. The van der Waals surface area contributed by atoms with Gasteiger partial charge in [-0.2, -0.15) is 0 Å². The second-order valence-corrected chi connectivity index (χ2v) is 6.07. The van der Waals surface area contributed by atoms with Crippen LogP contribution in [-0.4, -0.2) is 42.2 Å². The van der Waals surface area contributed by atoms with E-state index in [1.54, 1.807) is 11.8 Å². The average molecular weight is 315 g/mol. The van der Waals surface area contributed by atoms with Crippen LogP contribution in [0.15, 0.2) is 29.2 Å². The van der Waals surface area contributed by atoms with Crippen LogP contribution in [0.3, 0.4) is 0 Å². The summed E-state index contributed by atoms with van der Waals surface area (Å²) in [6, 6.07) is 8.15. The molecule has 21 heavy (non-hydrogen) atoms. The van der Waals surface area contributed by atoms with Gasteiger partial charge in [-0.3, -0.25) is 4.79 Å². The number of carbonyl (C=O) groups excluding carboxylic acids is 1. The van der Waals surface area contributed by atoms with Crippen molar-refractivity contribution in [3.05, 3.63) is 29.8 Å². The van der Waals surface area contributed by atoms with Gasteiger partial charge < -0.3 is 9.64 Å². The van der Waals surface area contributed by atoms with Crippen molar-refractivity contribution in [3.63, 3.8) is 0 Å². The molecule has 2 rings (SSSR count). The average Bonchev–Trinajstić information content (AvgIpc) is 2.63. The molecule has 0 saturated heterocycles. The number of hydrogen-bond acceptors (Lipinski definition) is 3. The Balaban J connectivity index is 1.93. The lowest BCUT2D eigenvalue weighted by molar-refractivity contribution is -0.135. The molecule has 0 radical (unpaired) electrons. The van der Waals surface area contributed by atoms with Crippen molar-refractivity contribution in [1.29, 1.82) is 0 Å². The maximum absolute atomic E-state index is 12.3. The lowest BCUT2D eigenvalue weighted by Crippen LogP contribution is -2.39. The summed E-state index contributed by atoms with van der Waals surface area (Å²) in [5.74, 6) is 0.787. The van der Waals surface area contributed by atoms with Crippen LogP contribution < -0.4 is 0 Å². The standard InChI is InChI=1S/C15H19F2NO2S/c1-11-10-21-13-5-3-2-4-12(13)8-18(11)15(19)6-7-20-9-14(16)17/h2-5,11,14H,6-10H2,1H3/t11-/m0/s1. The van der Waals surface area contributed by atoms with Gasteiger partial charge in [0.25, 0.3) is 6.43 Å². The van der Waals surface area contributed by atoms with E-state index in [-0.39, 0.29) is 25.0 Å². The molecule has 116 valence electrons. The molecule has 0 bridgehead atoms. The third-order valence-corrected chi connectivity index (χ3v) is 4.71. The van der Waals surface area contributed by atoms with Crippen molar-refractivity contribution in [2.45, 2.75) is 37.3 Å². The van der Waals surface area contributed by atoms with E-state index >= 15 is 0 Å². The van der Waals surface area contributed by atoms with Crippen LogP contribution in [0.2, 0.25) is 0 Å². The molecule has 0 unspecified atom stereocenters. The number of carbonyl (C=O) groups is 1. The van der Waals surface area contributed by atoms with Gasteiger partial charge in [-0.25, -0.2) is 8.78 Å². The fraction of sp³-hybridized carbons (Fsp3) is 0.533. The number of rotatable bonds is 5. The highest BCUT2D eigenvalue weighted by Gasteiger charge is 2.24. The molecule has 0 aromatic heterocycles. The summed E-state index contributed by atoms with van der Waals surface area (Å²) >= 11 is 1.75. The van der Waals surface area contributed by atoms with Gasteiger partial charge in [0.15, 0.2) is 0 Å². The molecule has 1 heterocycles. The third-order valence-electron chi connectivity index (χ3n) is 3.35. The third kappa shape index (κ3) is 4.68. The molecule has 0 N–H and O–H groups in total. The summed E-state index contributed by atoms with van der Waals surface area (Å²) in [4.78, 5) is 15.3. The first-order chi connectivity index (χ1) is 10.1. The zero-order valence-electron chi connectivity index (χ0n) is 11.9. The highest BCUT2D eigenvalue weighted by atomic mass is 32.2. The fourth-order valence-electron chi connectivity index (χ4n) is 2.22. The van der Waals surface area contributed by atoms with Gasteiger partial charge in [-0.15, -0.1) is 11.8 Å². The number of alkyl halides is 2. The first-order valence-electron chi connectivity index (χ1n) is 6.94. The second-order valence-electron chi connectivity index (χ2n) is 5.01. The van der Waals surface area contributed by atoms with Crippen LogP contribution >= 0.6 is 11.8 Å². The van der Waals surface area contributed by atoms with Gasteiger partial charge >= 0.3 is 0 Å². The Labute approximate surface area is 127 Å². The van der Waals surface area contributed by atoms with E-state index in [0.29, 0.717) is 6.54 Å². The topological polar surface area (TPSA) is 29.5 Å². The molecule has 3 nitrogen and oxygen atoms in total. The summed E-state index contributed by atoms with van der Waals surface area (Å²) in [5, 5.41) is 0. The van der Waals surface area contributed by atoms with Crippen LogP contribution in [0.25, 0.3) is 0 Å². The van der Waals surface area contributed by atoms with Gasteiger partial charge in [0, 0.05) is 23.2 Å². The Morgan fingerprint density at radius 3 is 3.00 bits per heavy atom. The predicted molar refractivity (Wildman–Crippen MR) is 78.6 cm³/mol. The summed E-state index contributed by atoms with van der Waals surface area (Å²) in [6.45, 7) is 2.01. The maximum Gasteiger partial charge on any atom is 0.261 e. The number of fused-ring (bicyclic) bond motifs is 1. The molecule has 1 atom stereocenters. The van der Waals surface area contributed by atoms with Crippen molar-refractivity contribution in [2.75, 3.05) is 19.0 Å². The summed E-state index contributed by atoms with van der Waals surface area (Å²) in [5.41, 5.74) is 1.13. The minimum atomic E-state index is -2.49. The first kappa shape index (κ1) is 16.2. The molecule has 0 aliphatic carbocycles. The molecule has 1 aliphatic rings. The summed E-state index contributed by atoms with van der Waals surface area (Å²) in [7, 11) is 0. The van der Waals surface area contributed by atoms with E-state index in [1.807, 2.05) is 30.0 Å². The molecule has 0 spiro atoms. The first-order valence-corrected chi connectivity index (χ1v) is 7.92. The number of benzene rings is 1. The highest BCUT2D eigenvalue weighted by molar-refractivity contribution is 7.99.